The summed E-state index contributed by atoms with van der Waals surface area (Å²) in [7, 11) is 0. The topological polar surface area (TPSA) is 59.2 Å². The van der Waals surface area contributed by atoms with Crippen molar-refractivity contribution in [2.45, 2.75) is 64.5 Å². The predicted octanol–water partition coefficient (Wildman–Crippen LogP) is 2.36. The Morgan fingerprint density at radius 3 is 2.95 bits per heavy atom. The molecule has 1 aliphatic heterocycles. The van der Waals surface area contributed by atoms with Crippen molar-refractivity contribution in [2.75, 3.05) is 6.54 Å². The Morgan fingerprint density at radius 2 is 2.20 bits per heavy atom. The summed E-state index contributed by atoms with van der Waals surface area (Å²) in [6.45, 7) is 3.76. The maximum Gasteiger partial charge on any atom is 0.240 e. The lowest BCUT2D eigenvalue weighted by molar-refractivity contribution is -0.126. The number of hydrogen-bond donors (Lipinski definition) is 0. The summed E-state index contributed by atoms with van der Waals surface area (Å²) in [4.78, 5) is 18.9. The lowest BCUT2D eigenvalue weighted by atomic mass is 9.82. The van der Waals surface area contributed by atoms with Crippen molar-refractivity contribution in [2.24, 2.45) is 5.92 Å². The fourth-order valence-corrected chi connectivity index (χ4v) is 3.59. The molecule has 0 bridgehead atoms. The number of likely N-dealkylation sites (tertiary alicyclic amines) is 1. The molecule has 0 amide bonds. The van der Waals surface area contributed by atoms with E-state index in [1.165, 1.54) is 12.8 Å². The van der Waals surface area contributed by atoms with Gasteiger partial charge in [0.1, 0.15) is 5.78 Å². The molecule has 0 spiro atoms. The van der Waals surface area contributed by atoms with E-state index in [9.17, 15) is 4.79 Å². The molecule has 2 aliphatic rings. The molecule has 1 aromatic rings. The molecule has 1 saturated heterocycles. The molecule has 2 atom stereocenters. The molecule has 2 unspecified atom stereocenters. The second-order valence-corrected chi connectivity index (χ2v) is 5.96. The summed E-state index contributed by atoms with van der Waals surface area (Å²) in [5.74, 6) is 2.16. The lowest BCUT2D eigenvalue weighted by Crippen LogP contribution is -2.40. The van der Waals surface area contributed by atoms with E-state index in [1.54, 1.807) is 0 Å². The van der Waals surface area contributed by atoms with E-state index >= 15 is 0 Å². The second kappa shape index (κ2) is 6.04. The number of aromatic nitrogens is 2. The Labute approximate surface area is 119 Å². The van der Waals surface area contributed by atoms with Gasteiger partial charge < -0.3 is 4.52 Å². The van der Waals surface area contributed by atoms with Gasteiger partial charge in [-0.2, -0.15) is 4.98 Å². The first kappa shape index (κ1) is 13.7. The first-order chi connectivity index (χ1) is 9.78. The minimum Gasteiger partial charge on any atom is -0.338 e. The number of aryl methyl sites for hydroxylation is 1. The van der Waals surface area contributed by atoms with Crippen molar-refractivity contribution in [3.63, 3.8) is 0 Å². The molecule has 3 rings (SSSR count). The zero-order valence-electron chi connectivity index (χ0n) is 12.2. The van der Waals surface area contributed by atoms with Crippen molar-refractivity contribution < 1.29 is 9.32 Å². The van der Waals surface area contributed by atoms with Crippen LogP contribution in [0.5, 0.6) is 0 Å². The summed E-state index contributed by atoms with van der Waals surface area (Å²) < 4.78 is 5.29. The van der Waals surface area contributed by atoms with E-state index in [1.807, 2.05) is 6.92 Å². The molecular weight excluding hydrogens is 254 g/mol. The number of Topliss-reactive ketones (excluding diaryl/α,β-unsaturated/α-hetero) is 1. The van der Waals surface area contributed by atoms with Crippen LogP contribution < -0.4 is 0 Å². The highest BCUT2D eigenvalue weighted by Gasteiger charge is 2.37. The van der Waals surface area contributed by atoms with Crippen LogP contribution in [-0.4, -0.2) is 33.4 Å². The summed E-state index contributed by atoms with van der Waals surface area (Å²) in [5.41, 5.74) is 0. The number of rotatable bonds is 4. The Balaban J connectivity index is 1.67. The standard InChI is InChI=1S/C15H23N3O2/c1-2-14-16-15(20-17-14)10-18-9-5-7-12(18)11-6-3-4-8-13(11)19/h11-12H,2-10H2,1H3. The Bertz CT molecular complexity index is 471. The minimum atomic E-state index is 0.236. The second-order valence-electron chi connectivity index (χ2n) is 5.96. The summed E-state index contributed by atoms with van der Waals surface area (Å²) >= 11 is 0. The number of nitrogens with zero attached hydrogens (tertiary/aromatic N) is 3. The van der Waals surface area contributed by atoms with Gasteiger partial charge in [0, 0.05) is 24.8 Å². The van der Waals surface area contributed by atoms with Gasteiger partial charge in [0.25, 0.3) is 0 Å². The molecule has 20 heavy (non-hydrogen) atoms. The van der Waals surface area contributed by atoms with E-state index in [4.69, 9.17) is 4.52 Å². The van der Waals surface area contributed by atoms with Crippen molar-refractivity contribution >= 4 is 5.78 Å². The third kappa shape index (κ3) is 2.77. The molecule has 1 saturated carbocycles. The van der Waals surface area contributed by atoms with Crippen molar-refractivity contribution in [1.82, 2.24) is 15.0 Å². The lowest BCUT2D eigenvalue weighted by Gasteiger charge is -2.32. The molecule has 2 heterocycles. The number of ketones is 1. The quantitative estimate of drug-likeness (QED) is 0.845. The SMILES string of the molecule is CCc1noc(CN2CCCC2C2CCCCC2=O)n1. The summed E-state index contributed by atoms with van der Waals surface area (Å²) in [6, 6.07) is 0.389. The van der Waals surface area contributed by atoms with Crippen LogP contribution in [0.2, 0.25) is 0 Å². The first-order valence-corrected chi connectivity index (χ1v) is 7.86. The van der Waals surface area contributed by atoms with Crippen molar-refractivity contribution in [3.05, 3.63) is 11.7 Å². The number of hydrogen-bond acceptors (Lipinski definition) is 5. The van der Waals surface area contributed by atoms with Crippen LogP contribution in [0.15, 0.2) is 4.52 Å². The van der Waals surface area contributed by atoms with Gasteiger partial charge in [-0.25, -0.2) is 0 Å². The van der Waals surface area contributed by atoms with Crippen LogP contribution in [0.3, 0.4) is 0 Å². The summed E-state index contributed by atoms with van der Waals surface area (Å²) in [5, 5.41) is 3.95. The van der Waals surface area contributed by atoms with E-state index in [2.05, 4.69) is 15.0 Å². The van der Waals surface area contributed by atoms with Crippen LogP contribution in [0.1, 0.15) is 57.2 Å². The first-order valence-electron chi connectivity index (χ1n) is 7.86. The highest BCUT2D eigenvalue weighted by molar-refractivity contribution is 5.82. The monoisotopic (exact) mass is 277 g/mol. The van der Waals surface area contributed by atoms with Crippen molar-refractivity contribution in [3.8, 4) is 0 Å². The largest absolute Gasteiger partial charge is 0.338 e. The van der Waals surface area contributed by atoms with Crippen LogP contribution >= 0.6 is 0 Å². The molecule has 5 heteroatoms. The Morgan fingerprint density at radius 1 is 1.30 bits per heavy atom. The molecule has 2 fully saturated rings. The maximum atomic E-state index is 12.2. The fraction of sp³-hybridized carbons (Fsp3) is 0.800. The van der Waals surface area contributed by atoms with Gasteiger partial charge in [-0.3, -0.25) is 9.69 Å². The molecular formula is C15H23N3O2. The molecule has 0 aromatic carbocycles. The Hall–Kier alpha value is -1.23. The molecule has 5 nitrogen and oxygen atoms in total. The Kier molecular flexibility index (Phi) is 4.15. The number of carbonyl (C=O) groups is 1. The number of carbonyl (C=O) groups excluding carboxylic acids is 1. The van der Waals surface area contributed by atoms with Gasteiger partial charge in [0.2, 0.25) is 5.89 Å². The average Bonchev–Trinajstić information content (AvgIpc) is 3.09. The highest BCUT2D eigenvalue weighted by atomic mass is 16.5. The fourth-order valence-electron chi connectivity index (χ4n) is 3.59. The molecule has 110 valence electrons. The smallest absolute Gasteiger partial charge is 0.240 e. The van der Waals surface area contributed by atoms with E-state index in [-0.39, 0.29) is 5.92 Å². The zero-order chi connectivity index (χ0) is 13.9. The van der Waals surface area contributed by atoms with Gasteiger partial charge in [-0.15, -0.1) is 0 Å². The van der Waals surface area contributed by atoms with E-state index in [0.717, 1.165) is 44.5 Å². The van der Waals surface area contributed by atoms with Gasteiger partial charge in [0.05, 0.1) is 6.54 Å². The highest BCUT2D eigenvalue weighted by Crippen LogP contribution is 2.33. The van der Waals surface area contributed by atoms with Crippen LogP contribution in [-0.2, 0) is 17.8 Å². The van der Waals surface area contributed by atoms with Crippen LogP contribution in [0, 0.1) is 5.92 Å². The normalized spacial score (nSPS) is 28.1. The van der Waals surface area contributed by atoms with Gasteiger partial charge in [-0.05, 0) is 32.2 Å². The van der Waals surface area contributed by atoms with Crippen molar-refractivity contribution in [1.29, 1.82) is 0 Å². The summed E-state index contributed by atoms with van der Waals surface area (Å²) in [6.07, 6.45) is 7.20. The maximum absolute atomic E-state index is 12.2. The predicted molar refractivity (Wildman–Crippen MR) is 74.1 cm³/mol. The van der Waals surface area contributed by atoms with Crippen LogP contribution in [0.25, 0.3) is 0 Å². The molecule has 0 radical (unpaired) electrons. The minimum absolute atomic E-state index is 0.236. The van der Waals surface area contributed by atoms with Crippen LogP contribution in [0.4, 0.5) is 0 Å². The van der Waals surface area contributed by atoms with Gasteiger partial charge in [0.15, 0.2) is 5.82 Å². The van der Waals surface area contributed by atoms with Gasteiger partial charge in [-0.1, -0.05) is 18.5 Å². The molecule has 1 aliphatic carbocycles. The average molecular weight is 277 g/mol. The van der Waals surface area contributed by atoms with Gasteiger partial charge >= 0.3 is 0 Å². The molecule has 1 aromatic heterocycles. The third-order valence-corrected chi connectivity index (χ3v) is 4.65. The third-order valence-electron chi connectivity index (χ3n) is 4.65. The van der Waals surface area contributed by atoms with E-state index < -0.39 is 0 Å². The zero-order valence-corrected chi connectivity index (χ0v) is 12.2. The van der Waals surface area contributed by atoms with E-state index in [0.29, 0.717) is 24.3 Å². The molecule has 0 N–H and O–H groups in total.